The molecule has 0 aromatic heterocycles. The van der Waals surface area contributed by atoms with E-state index in [1.54, 1.807) is 0 Å². The molecule has 1 saturated carbocycles. The van der Waals surface area contributed by atoms with Crippen LogP contribution in [-0.2, 0) is 4.79 Å². The van der Waals surface area contributed by atoms with Crippen molar-refractivity contribution in [1.29, 1.82) is 0 Å². The van der Waals surface area contributed by atoms with Crippen LogP contribution in [0.25, 0.3) is 0 Å². The van der Waals surface area contributed by atoms with Gasteiger partial charge in [-0.2, -0.15) is 0 Å². The van der Waals surface area contributed by atoms with Crippen LogP contribution < -0.4 is 10.6 Å². The fourth-order valence-electron chi connectivity index (χ4n) is 4.55. The lowest BCUT2D eigenvalue weighted by atomic mass is 9.96. The van der Waals surface area contributed by atoms with Crippen molar-refractivity contribution in [3.8, 4) is 0 Å². The molecular formula is C21H40N4O3. The Morgan fingerprint density at radius 2 is 1.57 bits per heavy atom. The number of nitrogens with zero attached hydrogens (tertiary/aromatic N) is 2. The lowest BCUT2D eigenvalue weighted by molar-refractivity contribution is -0.123. The van der Waals surface area contributed by atoms with Crippen LogP contribution in [0.1, 0.15) is 72.6 Å². The van der Waals surface area contributed by atoms with Gasteiger partial charge in [-0.1, -0.05) is 33.1 Å². The van der Waals surface area contributed by atoms with Crippen molar-refractivity contribution in [1.82, 2.24) is 20.4 Å². The Morgan fingerprint density at radius 3 is 2.14 bits per heavy atom. The van der Waals surface area contributed by atoms with E-state index in [1.165, 1.54) is 6.42 Å². The fourth-order valence-corrected chi connectivity index (χ4v) is 4.55. The van der Waals surface area contributed by atoms with Crippen molar-refractivity contribution in [2.24, 2.45) is 0 Å². The molecule has 7 nitrogen and oxygen atoms in total. The van der Waals surface area contributed by atoms with E-state index in [1.807, 2.05) is 13.8 Å². The number of hydrogen-bond acceptors (Lipinski definition) is 5. The van der Waals surface area contributed by atoms with E-state index in [-0.39, 0.29) is 30.6 Å². The number of imide groups is 1. The highest BCUT2D eigenvalue weighted by atomic mass is 16.3. The maximum atomic E-state index is 12.5. The van der Waals surface area contributed by atoms with Crippen molar-refractivity contribution in [2.45, 2.75) is 96.4 Å². The molecule has 2 fully saturated rings. The second kappa shape index (κ2) is 10.6. The highest BCUT2D eigenvalue weighted by Crippen LogP contribution is 2.22. The van der Waals surface area contributed by atoms with Crippen LogP contribution in [-0.4, -0.2) is 76.8 Å². The van der Waals surface area contributed by atoms with Gasteiger partial charge < -0.3 is 10.4 Å². The summed E-state index contributed by atoms with van der Waals surface area (Å²) in [5.41, 5.74) is -0.734. The van der Waals surface area contributed by atoms with Gasteiger partial charge in [0.15, 0.2) is 0 Å². The van der Waals surface area contributed by atoms with E-state index >= 15 is 0 Å². The third-order valence-corrected chi connectivity index (χ3v) is 6.00. The highest BCUT2D eigenvalue weighted by Gasteiger charge is 2.35. The summed E-state index contributed by atoms with van der Waals surface area (Å²) in [6.45, 7) is 10.4. The minimum Gasteiger partial charge on any atom is -0.389 e. The highest BCUT2D eigenvalue weighted by molar-refractivity contribution is 5.95. The first kappa shape index (κ1) is 23.1. The minimum absolute atomic E-state index is 0.194. The van der Waals surface area contributed by atoms with Crippen molar-refractivity contribution in [2.75, 3.05) is 26.2 Å². The van der Waals surface area contributed by atoms with Gasteiger partial charge in [0.1, 0.15) is 0 Å². The summed E-state index contributed by atoms with van der Waals surface area (Å²) in [6, 6.07) is 0.382. The number of piperazine rings is 1. The summed E-state index contributed by atoms with van der Waals surface area (Å²) in [6.07, 6.45) is 7.42. The first-order valence-electron chi connectivity index (χ1n) is 11.0. The van der Waals surface area contributed by atoms with Gasteiger partial charge in [-0.15, -0.1) is 0 Å². The number of aliphatic hydroxyl groups is 1. The topological polar surface area (TPSA) is 84.9 Å². The van der Waals surface area contributed by atoms with E-state index < -0.39 is 5.60 Å². The third-order valence-electron chi connectivity index (χ3n) is 6.00. The molecule has 0 radical (unpaired) electrons. The van der Waals surface area contributed by atoms with Gasteiger partial charge in [0, 0.05) is 37.8 Å². The molecule has 3 amide bonds. The number of carbonyl (C=O) groups is 2. The molecule has 0 bridgehead atoms. The van der Waals surface area contributed by atoms with E-state index in [4.69, 9.17) is 0 Å². The molecule has 2 rings (SSSR count). The number of rotatable bonds is 7. The Kier molecular flexibility index (Phi) is 8.71. The summed E-state index contributed by atoms with van der Waals surface area (Å²) >= 11 is 0. The standard InChI is InChI=1S/C21H40N4O3/c1-5-17-13-25(15-21(3,4)28)18(6-2)12-24(17)14-19(26)23-20(27)22-16-10-8-7-9-11-16/h16-18,28H,5-15H2,1-4H3,(H2,22,23,26,27)/t17-,18+/m0/s1. The molecule has 2 atom stereocenters. The second-order valence-corrected chi connectivity index (χ2v) is 9.15. The number of nitrogens with one attached hydrogen (secondary N) is 2. The number of carbonyl (C=O) groups excluding carboxylic acids is 2. The van der Waals surface area contributed by atoms with Crippen LogP contribution >= 0.6 is 0 Å². The second-order valence-electron chi connectivity index (χ2n) is 9.15. The van der Waals surface area contributed by atoms with Gasteiger partial charge >= 0.3 is 6.03 Å². The van der Waals surface area contributed by atoms with Crippen molar-refractivity contribution in [3.63, 3.8) is 0 Å². The molecule has 1 aliphatic carbocycles. The Labute approximate surface area is 170 Å². The zero-order chi connectivity index (χ0) is 20.7. The SMILES string of the molecule is CC[C@@H]1CN(CC(=O)NC(=O)NC2CCCCC2)[C@@H](CC)CN1CC(C)(C)O. The van der Waals surface area contributed by atoms with Gasteiger partial charge in [-0.3, -0.25) is 19.9 Å². The molecular weight excluding hydrogens is 356 g/mol. The molecule has 0 unspecified atom stereocenters. The van der Waals surface area contributed by atoms with E-state index in [0.717, 1.165) is 51.6 Å². The first-order valence-corrected chi connectivity index (χ1v) is 11.0. The van der Waals surface area contributed by atoms with Crippen LogP contribution in [0.3, 0.4) is 0 Å². The molecule has 0 aromatic carbocycles. The number of hydrogen-bond donors (Lipinski definition) is 3. The molecule has 1 aliphatic heterocycles. The van der Waals surface area contributed by atoms with Crippen LogP contribution in [0.5, 0.6) is 0 Å². The molecule has 0 aromatic rings. The molecule has 162 valence electrons. The largest absolute Gasteiger partial charge is 0.389 e. The van der Waals surface area contributed by atoms with Gasteiger partial charge in [0.05, 0.1) is 12.1 Å². The van der Waals surface area contributed by atoms with E-state index in [0.29, 0.717) is 12.6 Å². The molecule has 0 spiro atoms. The van der Waals surface area contributed by atoms with Crippen molar-refractivity contribution < 1.29 is 14.7 Å². The van der Waals surface area contributed by atoms with E-state index in [2.05, 4.69) is 34.3 Å². The summed E-state index contributed by atoms with van der Waals surface area (Å²) < 4.78 is 0. The van der Waals surface area contributed by atoms with Gasteiger partial charge in [0.25, 0.3) is 0 Å². The summed E-state index contributed by atoms with van der Waals surface area (Å²) in [5, 5.41) is 15.7. The first-order chi connectivity index (χ1) is 13.2. The zero-order valence-corrected chi connectivity index (χ0v) is 18.2. The van der Waals surface area contributed by atoms with Crippen molar-refractivity contribution in [3.05, 3.63) is 0 Å². The molecule has 28 heavy (non-hydrogen) atoms. The summed E-state index contributed by atoms with van der Waals surface area (Å²) in [7, 11) is 0. The summed E-state index contributed by atoms with van der Waals surface area (Å²) in [4.78, 5) is 29.1. The van der Waals surface area contributed by atoms with Crippen LogP contribution in [0.2, 0.25) is 0 Å². The summed E-state index contributed by atoms with van der Waals surface area (Å²) in [5.74, 6) is -0.238. The van der Waals surface area contributed by atoms with Crippen LogP contribution in [0, 0.1) is 0 Å². The zero-order valence-electron chi connectivity index (χ0n) is 18.2. The molecule has 1 heterocycles. The quantitative estimate of drug-likeness (QED) is 0.614. The monoisotopic (exact) mass is 396 g/mol. The average molecular weight is 397 g/mol. The lowest BCUT2D eigenvalue weighted by Gasteiger charge is -2.47. The number of β-amino-alcohol motifs (C(OH)–C–C–N with tert-alkyl or cyclic N) is 1. The molecule has 1 saturated heterocycles. The molecule has 2 aliphatic rings. The smallest absolute Gasteiger partial charge is 0.321 e. The van der Waals surface area contributed by atoms with Gasteiger partial charge in [-0.05, 0) is 39.5 Å². The van der Waals surface area contributed by atoms with Crippen LogP contribution in [0.4, 0.5) is 4.79 Å². The Hall–Kier alpha value is -1.18. The van der Waals surface area contributed by atoms with Crippen LogP contribution in [0.15, 0.2) is 0 Å². The van der Waals surface area contributed by atoms with Gasteiger partial charge in [-0.25, -0.2) is 4.79 Å². The average Bonchev–Trinajstić information content (AvgIpc) is 2.61. The fraction of sp³-hybridized carbons (Fsp3) is 0.905. The normalized spacial score (nSPS) is 25.5. The predicted molar refractivity (Wildman–Crippen MR) is 111 cm³/mol. The Balaban J connectivity index is 1.87. The predicted octanol–water partition coefficient (Wildman–Crippen LogP) is 2.09. The van der Waals surface area contributed by atoms with E-state index in [9.17, 15) is 14.7 Å². The number of urea groups is 1. The molecule has 7 heteroatoms. The maximum absolute atomic E-state index is 12.5. The Morgan fingerprint density at radius 1 is 1.00 bits per heavy atom. The Bertz CT molecular complexity index is 514. The third kappa shape index (κ3) is 7.33. The van der Waals surface area contributed by atoms with Crippen molar-refractivity contribution >= 4 is 11.9 Å². The number of amides is 3. The van der Waals surface area contributed by atoms with Gasteiger partial charge in [0.2, 0.25) is 5.91 Å². The maximum Gasteiger partial charge on any atom is 0.321 e. The lowest BCUT2D eigenvalue weighted by Crippen LogP contribution is -2.61. The molecule has 3 N–H and O–H groups in total. The minimum atomic E-state index is -0.734.